The number of hydrogen-bond acceptors (Lipinski definition) is 2. The smallest absolute Gasteiger partial charge is 0.0540 e. The molecule has 0 unspecified atom stereocenters. The third-order valence-corrected chi connectivity index (χ3v) is 11.7. The predicted molar refractivity (Wildman–Crippen MR) is 233 cm³/mol. The molecule has 1 aromatic heterocycles. The summed E-state index contributed by atoms with van der Waals surface area (Å²) in [6.07, 6.45) is 0. The molecule has 254 valence electrons. The Morgan fingerprint density at radius 2 is 0.778 bits per heavy atom. The third kappa shape index (κ3) is 5.74. The minimum atomic E-state index is 1.11. The fourth-order valence-corrected chi connectivity index (χ4v) is 9.07. The first-order chi connectivity index (χ1) is 26.8. The van der Waals surface area contributed by atoms with Crippen molar-refractivity contribution in [3.63, 3.8) is 0 Å². The summed E-state index contributed by atoms with van der Waals surface area (Å²) in [5, 5.41) is 5.15. The molecule has 2 heteroatoms. The van der Waals surface area contributed by atoms with E-state index in [1.807, 2.05) is 11.3 Å². The topological polar surface area (TPSA) is 3.24 Å². The standard InChI is InChI=1S/C52H35NS/c1-2-12-36(13-3-1)38-28-32-42(33-29-38)53(50-22-8-6-17-46(50)48-20-11-21-49-47-18-7-9-23-51(47)54-52(48)49)43-34-30-39(31-35-43)37-24-26-41(27-25-37)45-19-10-15-40-14-4-5-16-44(40)45/h1-35H. The van der Waals surface area contributed by atoms with Crippen LogP contribution in [0.1, 0.15) is 0 Å². The lowest BCUT2D eigenvalue weighted by Crippen LogP contribution is -2.11. The van der Waals surface area contributed by atoms with E-state index in [4.69, 9.17) is 0 Å². The molecule has 0 radical (unpaired) electrons. The van der Waals surface area contributed by atoms with Gasteiger partial charge in [0.15, 0.2) is 0 Å². The summed E-state index contributed by atoms with van der Waals surface area (Å²) in [5.74, 6) is 0. The molecule has 0 saturated heterocycles. The first-order valence-electron chi connectivity index (χ1n) is 18.4. The van der Waals surface area contributed by atoms with Gasteiger partial charge < -0.3 is 4.90 Å². The fourth-order valence-electron chi connectivity index (χ4n) is 7.84. The van der Waals surface area contributed by atoms with Crippen molar-refractivity contribution >= 4 is 59.3 Å². The molecule has 54 heavy (non-hydrogen) atoms. The van der Waals surface area contributed by atoms with E-state index >= 15 is 0 Å². The van der Waals surface area contributed by atoms with Crippen LogP contribution in [0.2, 0.25) is 0 Å². The van der Waals surface area contributed by atoms with Crippen LogP contribution in [0.4, 0.5) is 17.1 Å². The Morgan fingerprint density at radius 1 is 0.296 bits per heavy atom. The number of anilines is 3. The SMILES string of the molecule is c1ccc(-c2ccc(N(c3ccc(-c4ccc(-c5cccc6ccccc56)cc4)cc3)c3ccccc3-c3cccc4c3sc3ccccc34)cc2)cc1. The zero-order chi connectivity index (χ0) is 35.8. The van der Waals surface area contributed by atoms with Gasteiger partial charge in [0.05, 0.1) is 5.69 Å². The highest BCUT2D eigenvalue weighted by Crippen LogP contribution is 2.46. The van der Waals surface area contributed by atoms with E-state index in [0.717, 1.165) is 17.1 Å². The van der Waals surface area contributed by atoms with Crippen LogP contribution in [0.25, 0.3) is 75.5 Å². The van der Waals surface area contributed by atoms with Crippen molar-refractivity contribution in [3.8, 4) is 44.5 Å². The Balaban J connectivity index is 1.06. The van der Waals surface area contributed by atoms with Gasteiger partial charge in [-0.2, -0.15) is 0 Å². The molecule has 0 bridgehead atoms. The first kappa shape index (κ1) is 32.0. The van der Waals surface area contributed by atoms with Crippen LogP contribution in [-0.4, -0.2) is 0 Å². The normalized spacial score (nSPS) is 11.3. The quantitative estimate of drug-likeness (QED) is 0.160. The maximum atomic E-state index is 2.41. The molecule has 1 nitrogen and oxygen atoms in total. The van der Waals surface area contributed by atoms with Crippen molar-refractivity contribution in [1.29, 1.82) is 0 Å². The van der Waals surface area contributed by atoms with Gasteiger partial charge in [0.25, 0.3) is 0 Å². The van der Waals surface area contributed by atoms with E-state index in [-0.39, 0.29) is 0 Å². The molecule has 0 aliphatic rings. The van der Waals surface area contributed by atoms with Crippen LogP contribution in [0.5, 0.6) is 0 Å². The van der Waals surface area contributed by atoms with Gasteiger partial charge in [0.1, 0.15) is 0 Å². The summed E-state index contributed by atoms with van der Waals surface area (Å²) < 4.78 is 2.62. The van der Waals surface area contributed by atoms with Crippen molar-refractivity contribution in [2.24, 2.45) is 0 Å². The molecule has 0 saturated carbocycles. The van der Waals surface area contributed by atoms with Crippen molar-refractivity contribution in [2.75, 3.05) is 4.90 Å². The third-order valence-electron chi connectivity index (χ3n) is 10.5. The van der Waals surface area contributed by atoms with E-state index in [2.05, 4.69) is 217 Å². The average Bonchev–Trinajstić information content (AvgIpc) is 3.64. The molecule has 0 aliphatic heterocycles. The Hall–Kier alpha value is -6.74. The predicted octanol–water partition coefficient (Wildman–Crippen LogP) is 15.3. The van der Waals surface area contributed by atoms with Crippen LogP contribution in [0.15, 0.2) is 212 Å². The number of benzene rings is 9. The number of thiophene rings is 1. The molecule has 9 aromatic carbocycles. The zero-order valence-electron chi connectivity index (χ0n) is 29.6. The average molecular weight is 706 g/mol. The Morgan fingerprint density at radius 3 is 1.52 bits per heavy atom. The lowest BCUT2D eigenvalue weighted by molar-refractivity contribution is 1.28. The molecule has 0 N–H and O–H groups in total. The number of fused-ring (bicyclic) bond motifs is 4. The van der Waals surface area contributed by atoms with E-state index < -0.39 is 0 Å². The van der Waals surface area contributed by atoms with Gasteiger partial charge in [-0.1, -0.05) is 176 Å². The van der Waals surface area contributed by atoms with Crippen molar-refractivity contribution < 1.29 is 0 Å². The molecule has 0 spiro atoms. The first-order valence-corrected chi connectivity index (χ1v) is 19.2. The summed E-state index contributed by atoms with van der Waals surface area (Å²) in [4.78, 5) is 2.41. The van der Waals surface area contributed by atoms with Crippen molar-refractivity contribution in [2.45, 2.75) is 0 Å². The number of hydrogen-bond donors (Lipinski definition) is 0. The molecular weight excluding hydrogens is 671 g/mol. The Kier molecular flexibility index (Phi) is 8.09. The second-order valence-electron chi connectivity index (χ2n) is 13.7. The molecule has 10 aromatic rings. The minimum Gasteiger partial charge on any atom is -0.310 e. The van der Waals surface area contributed by atoms with Gasteiger partial charge in [-0.05, 0) is 80.6 Å². The minimum absolute atomic E-state index is 1.11. The lowest BCUT2D eigenvalue weighted by atomic mass is 9.96. The molecule has 0 amide bonds. The van der Waals surface area contributed by atoms with Crippen LogP contribution in [0, 0.1) is 0 Å². The monoisotopic (exact) mass is 705 g/mol. The molecular formula is C52H35NS. The van der Waals surface area contributed by atoms with E-state index in [1.54, 1.807) is 0 Å². The summed E-state index contributed by atoms with van der Waals surface area (Å²) in [6, 6.07) is 77.0. The molecule has 0 atom stereocenters. The Bertz CT molecular complexity index is 2900. The zero-order valence-corrected chi connectivity index (χ0v) is 30.4. The van der Waals surface area contributed by atoms with E-state index in [0.29, 0.717) is 0 Å². The van der Waals surface area contributed by atoms with Crippen molar-refractivity contribution in [1.82, 2.24) is 0 Å². The largest absolute Gasteiger partial charge is 0.310 e. The number of nitrogens with zero attached hydrogens (tertiary/aromatic N) is 1. The summed E-state index contributed by atoms with van der Waals surface area (Å²) >= 11 is 1.88. The number of para-hydroxylation sites is 1. The van der Waals surface area contributed by atoms with Gasteiger partial charge in [-0.25, -0.2) is 0 Å². The van der Waals surface area contributed by atoms with Gasteiger partial charge in [-0.15, -0.1) is 11.3 Å². The molecule has 1 heterocycles. The van der Waals surface area contributed by atoms with Gasteiger partial charge in [0.2, 0.25) is 0 Å². The van der Waals surface area contributed by atoms with Gasteiger partial charge in [0, 0.05) is 42.7 Å². The van der Waals surface area contributed by atoms with Crippen LogP contribution in [-0.2, 0) is 0 Å². The summed E-state index contributed by atoms with van der Waals surface area (Å²) in [5.41, 5.74) is 13.1. The fraction of sp³-hybridized carbons (Fsp3) is 0. The highest BCUT2D eigenvalue weighted by atomic mass is 32.1. The second-order valence-corrected chi connectivity index (χ2v) is 14.7. The second kappa shape index (κ2) is 13.7. The summed E-state index contributed by atoms with van der Waals surface area (Å²) in [7, 11) is 0. The van der Waals surface area contributed by atoms with Crippen molar-refractivity contribution in [3.05, 3.63) is 212 Å². The molecule has 10 rings (SSSR count). The number of rotatable bonds is 7. The lowest BCUT2D eigenvalue weighted by Gasteiger charge is -2.28. The Labute approximate surface area is 319 Å². The van der Waals surface area contributed by atoms with E-state index in [9.17, 15) is 0 Å². The highest BCUT2D eigenvalue weighted by Gasteiger charge is 2.20. The maximum Gasteiger partial charge on any atom is 0.0540 e. The highest BCUT2D eigenvalue weighted by molar-refractivity contribution is 7.26. The van der Waals surface area contributed by atoms with Crippen LogP contribution < -0.4 is 4.90 Å². The maximum absolute atomic E-state index is 2.41. The van der Waals surface area contributed by atoms with Gasteiger partial charge in [-0.3, -0.25) is 0 Å². The molecule has 0 fully saturated rings. The van der Waals surface area contributed by atoms with E-state index in [1.165, 1.54) is 75.5 Å². The summed E-state index contributed by atoms with van der Waals surface area (Å²) in [6.45, 7) is 0. The molecule has 0 aliphatic carbocycles. The van der Waals surface area contributed by atoms with Gasteiger partial charge >= 0.3 is 0 Å². The van der Waals surface area contributed by atoms with Crippen LogP contribution >= 0.6 is 11.3 Å². The van der Waals surface area contributed by atoms with Crippen LogP contribution in [0.3, 0.4) is 0 Å².